The highest BCUT2D eigenvalue weighted by molar-refractivity contribution is 5.37. The molecule has 3 heterocycles. The summed E-state index contributed by atoms with van der Waals surface area (Å²) in [4.78, 5) is 10.9. The number of aryl methyl sites for hydroxylation is 1. The summed E-state index contributed by atoms with van der Waals surface area (Å²) in [7, 11) is 1.66. The van der Waals surface area contributed by atoms with Gasteiger partial charge in [0.05, 0.1) is 12.3 Å². The summed E-state index contributed by atoms with van der Waals surface area (Å²) < 4.78 is 19.6. The van der Waals surface area contributed by atoms with E-state index < -0.39 is 0 Å². The van der Waals surface area contributed by atoms with Crippen LogP contribution in [-0.2, 0) is 4.74 Å². The predicted octanol–water partition coefficient (Wildman–Crippen LogP) is 1.50. The lowest BCUT2D eigenvalue weighted by atomic mass is 10.2. The Labute approximate surface area is 112 Å². The molecule has 0 amide bonds. The maximum Gasteiger partial charge on any atom is 0.186 e. The highest BCUT2D eigenvalue weighted by atomic mass is 19.1. The van der Waals surface area contributed by atoms with Crippen LogP contribution in [0.15, 0.2) is 0 Å². The SMILES string of the molecule is CNc1nc(C2CN3CCCC3CO2)nc(C)c1F. The number of anilines is 1. The fourth-order valence-corrected chi connectivity index (χ4v) is 2.86. The molecular weight excluding hydrogens is 247 g/mol. The van der Waals surface area contributed by atoms with Gasteiger partial charge in [-0.3, -0.25) is 4.90 Å². The molecule has 0 aliphatic carbocycles. The number of fused-ring (bicyclic) bond motifs is 1. The topological polar surface area (TPSA) is 50.3 Å². The molecule has 3 rings (SSSR count). The van der Waals surface area contributed by atoms with E-state index in [1.165, 1.54) is 12.8 Å². The standard InChI is InChI=1S/C13H19FN4O/c1-8-11(14)13(15-2)17-12(16-8)10-6-18-5-3-4-9(18)7-19-10/h9-10H,3-7H2,1-2H3,(H,15,16,17). The molecule has 0 spiro atoms. The van der Waals surface area contributed by atoms with E-state index >= 15 is 0 Å². The Hall–Kier alpha value is -1.27. The van der Waals surface area contributed by atoms with E-state index in [-0.39, 0.29) is 17.7 Å². The van der Waals surface area contributed by atoms with Crippen LogP contribution in [0.2, 0.25) is 0 Å². The molecule has 0 bridgehead atoms. The van der Waals surface area contributed by atoms with E-state index in [0.29, 0.717) is 17.6 Å². The van der Waals surface area contributed by atoms with Gasteiger partial charge in [-0.25, -0.2) is 14.4 Å². The van der Waals surface area contributed by atoms with Crippen LogP contribution in [0.4, 0.5) is 10.2 Å². The molecule has 1 N–H and O–H groups in total. The number of morpholine rings is 1. The van der Waals surface area contributed by atoms with E-state index in [1.807, 2.05) is 0 Å². The first kappa shape index (κ1) is 12.7. The number of nitrogens with one attached hydrogen (secondary N) is 1. The predicted molar refractivity (Wildman–Crippen MR) is 69.6 cm³/mol. The summed E-state index contributed by atoms with van der Waals surface area (Å²) in [6.45, 7) is 4.30. The van der Waals surface area contributed by atoms with Gasteiger partial charge in [-0.15, -0.1) is 0 Å². The third kappa shape index (κ3) is 2.30. The quantitative estimate of drug-likeness (QED) is 0.879. The van der Waals surface area contributed by atoms with E-state index in [4.69, 9.17) is 4.74 Å². The molecule has 6 heteroatoms. The largest absolute Gasteiger partial charge is 0.371 e. The van der Waals surface area contributed by atoms with Gasteiger partial charge in [0, 0.05) is 19.6 Å². The van der Waals surface area contributed by atoms with Gasteiger partial charge in [0.25, 0.3) is 0 Å². The van der Waals surface area contributed by atoms with E-state index in [0.717, 1.165) is 19.7 Å². The van der Waals surface area contributed by atoms with Crippen LogP contribution in [0, 0.1) is 12.7 Å². The summed E-state index contributed by atoms with van der Waals surface area (Å²) >= 11 is 0. The fourth-order valence-electron chi connectivity index (χ4n) is 2.86. The van der Waals surface area contributed by atoms with Gasteiger partial charge in [0.1, 0.15) is 6.10 Å². The van der Waals surface area contributed by atoms with Crippen LogP contribution in [0.25, 0.3) is 0 Å². The molecule has 1 aromatic rings. The lowest BCUT2D eigenvalue weighted by Gasteiger charge is -2.34. The molecule has 5 nitrogen and oxygen atoms in total. The van der Waals surface area contributed by atoms with Crippen molar-refractivity contribution < 1.29 is 9.13 Å². The Bertz CT molecular complexity index is 482. The van der Waals surface area contributed by atoms with E-state index in [2.05, 4.69) is 20.2 Å². The second-order valence-corrected chi connectivity index (χ2v) is 5.19. The van der Waals surface area contributed by atoms with Gasteiger partial charge >= 0.3 is 0 Å². The Morgan fingerprint density at radius 3 is 3.05 bits per heavy atom. The lowest BCUT2D eigenvalue weighted by molar-refractivity contribution is -0.0541. The number of aromatic nitrogens is 2. The molecule has 0 radical (unpaired) electrons. The highest BCUT2D eigenvalue weighted by Gasteiger charge is 2.34. The molecule has 2 unspecified atom stereocenters. The third-order valence-corrected chi connectivity index (χ3v) is 3.95. The minimum Gasteiger partial charge on any atom is -0.371 e. The number of rotatable bonds is 2. The van der Waals surface area contributed by atoms with Gasteiger partial charge in [-0.2, -0.15) is 0 Å². The maximum absolute atomic E-state index is 13.7. The first-order chi connectivity index (χ1) is 9.19. The van der Waals surface area contributed by atoms with Gasteiger partial charge in [-0.05, 0) is 26.3 Å². The molecule has 1 aromatic heterocycles. The first-order valence-corrected chi connectivity index (χ1v) is 6.76. The second kappa shape index (κ2) is 5.02. The van der Waals surface area contributed by atoms with Crippen molar-refractivity contribution in [3.63, 3.8) is 0 Å². The van der Waals surface area contributed by atoms with Crippen LogP contribution in [0.3, 0.4) is 0 Å². The van der Waals surface area contributed by atoms with Crippen LogP contribution in [-0.4, -0.2) is 47.7 Å². The van der Waals surface area contributed by atoms with Crippen LogP contribution in [0.5, 0.6) is 0 Å². The molecule has 104 valence electrons. The molecule has 2 aliphatic heterocycles. The van der Waals surface area contributed by atoms with Crippen molar-refractivity contribution in [1.29, 1.82) is 0 Å². The van der Waals surface area contributed by atoms with Crippen molar-refractivity contribution >= 4 is 5.82 Å². The van der Waals surface area contributed by atoms with Crippen LogP contribution >= 0.6 is 0 Å². The zero-order valence-corrected chi connectivity index (χ0v) is 11.3. The molecule has 2 saturated heterocycles. The maximum atomic E-state index is 13.7. The summed E-state index contributed by atoms with van der Waals surface area (Å²) in [5.74, 6) is 0.435. The molecular formula is C13H19FN4O. The van der Waals surface area contributed by atoms with Gasteiger partial charge in [0.2, 0.25) is 0 Å². The van der Waals surface area contributed by atoms with Gasteiger partial charge < -0.3 is 10.1 Å². The molecule has 2 aliphatic rings. The van der Waals surface area contributed by atoms with Crippen LogP contribution in [0.1, 0.15) is 30.5 Å². The highest BCUT2D eigenvalue weighted by Crippen LogP contribution is 2.29. The summed E-state index contributed by atoms with van der Waals surface area (Å²) in [6.07, 6.45) is 2.28. The van der Waals surface area contributed by atoms with Gasteiger partial charge in [-0.1, -0.05) is 0 Å². The Kier molecular flexibility index (Phi) is 3.36. The van der Waals surface area contributed by atoms with Crippen molar-refractivity contribution in [2.45, 2.75) is 31.9 Å². The molecule has 0 aromatic carbocycles. The van der Waals surface area contributed by atoms with Crippen LogP contribution < -0.4 is 5.32 Å². The number of nitrogens with zero attached hydrogens (tertiary/aromatic N) is 3. The van der Waals surface area contributed by atoms with Crippen molar-refractivity contribution in [1.82, 2.24) is 14.9 Å². The lowest BCUT2D eigenvalue weighted by Crippen LogP contribution is -2.43. The van der Waals surface area contributed by atoms with Crippen molar-refractivity contribution in [2.24, 2.45) is 0 Å². The number of halogens is 1. The van der Waals surface area contributed by atoms with Crippen molar-refractivity contribution in [3.05, 3.63) is 17.3 Å². The number of hydrogen-bond acceptors (Lipinski definition) is 5. The van der Waals surface area contributed by atoms with Gasteiger partial charge in [0.15, 0.2) is 17.5 Å². The Morgan fingerprint density at radius 1 is 1.42 bits per heavy atom. The average molecular weight is 266 g/mol. The zero-order chi connectivity index (χ0) is 13.4. The monoisotopic (exact) mass is 266 g/mol. The first-order valence-electron chi connectivity index (χ1n) is 6.76. The second-order valence-electron chi connectivity index (χ2n) is 5.19. The number of hydrogen-bond donors (Lipinski definition) is 1. The molecule has 0 saturated carbocycles. The van der Waals surface area contributed by atoms with E-state index in [9.17, 15) is 4.39 Å². The summed E-state index contributed by atoms with van der Waals surface area (Å²) in [5, 5.41) is 2.77. The van der Waals surface area contributed by atoms with Crippen molar-refractivity contribution in [2.75, 3.05) is 32.1 Å². The smallest absolute Gasteiger partial charge is 0.186 e. The normalized spacial score (nSPS) is 27.3. The Morgan fingerprint density at radius 2 is 2.26 bits per heavy atom. The molecule has 19 heavy (non-hydrogen) atoms. The fraction of sp³-hybridized carbons (Fsp3) is 0.692. The number of ether oxygens (including phenoxy) is 1. The van der Waals surface area contributed by atoms with E-state index in [1.54, 1.807) is 14.0 Å². The summed E-state index contributed by atoms with van der Waals surface area (Å²) in [6, 6.07) is 0.543. The molecule has 2 fully saturated rings. The summed E-state index contributed by atoms with van der Waals surface area (Å²) in [5.41, 5.74) is 0.362. The Balaban J connectivity index is 1.84. The minimum absolute atomic E-state index is 0.152. The van der Waals surface area contributed by atoms with Crippen molar-refractivity contribution in [3.8, 4) is 0 Å². The average Bonchev–Trinajstić information content (AvgIpc) is 2.89. The third-order valence-electron chi connectivity index (χ3n) is 3.95. The molecule has 2 atom stereocenters. The minimum atomic E-state index is -0.388. The zero-order valence-electron chi connectivity index (χ0n) is 11.3.